The van der Waals surface area contributed by atoms with E-state index in [-0.39, 0.29) is 5.56 Å². The summed E-state index contributed by atoms with van der Waals surface area (Å²) < 4.78 is 7.65. The van der Waals surface area contributed by atoms with Gasteiger partial charge in [0.25, 0.3) is 5.56 Å². The van der Waals surface area contributed by atoms with Crippen LogP contribution < -0.4 is 5.56 Å². The fourth-order valence-electron chi connectivity index (χ4n) is 2.51. The van der Waals surface area contributed by atoms with Gasteiger partial charge >= 0.3 is 0 Å². The zero-order chi connectivity index (χ0) is 16.7. The van der Waals surface area contributed by atoms with Gasteiger partial charge in [-0.15, -0.1) is 11.3 Å². The lowest BCUT2D eigenvalue weighted by Crippen LogP contribution is -2.24. The second kappa shape index (κ2) is 5.89. The van der Waals surface area contributed by atoms with Gasteiger partial charge in [-0.25, -0.2) is 9.67 Å². The number of rotatable bonds is 3. The minimum Gasteiger partial charge on any atom is -0.463 e. The van der Waals surface area contributed by atoms with Crippen molar-refractivity contribution in [3.05, 3.63) is 68.6 Å². The molecule has 0 radical (unpaired) electrons. The van der Waals surface area contributed by atoms with E-state index in [1.54, 1.807) is 24.5 Å². The zero-order valence-corrected chi connectivity index (χ0v) is 14.3. The monoisotopic (exact) mass is 357 g/mol. The Balaban J connectivity index is 1.91. The van der Waals surface area contributed by atoms with E-state index in [9.17, 15) is 4.79 Å². The fraction of sp³-hybridized carbons (Fsp3) is 0.118. The average molecular weight is 358 g/mol. The molecule has 0 aliphatic carbocycles. The smallest absolute Gasteiger partial charge is 0.294 e. The van der Waals surface area contributed by atoms with E-state index in [1.807, 2.05) is 25.1 Å². The number of halogens is 1. The maximum atomic E-state index is 12.7. The van der Waals surface area contributed by atoms with Crippen LogP contribution in [0.25, 0.3) is 21.7 Å². The van der Waals surface area contributed by atoms with Crippen molar-refractivity contribution in [1.82, 2.24) is 14.8 Å². The third kappa shape index (κ3) is 2.64. The molecule has 0 unspecified atom stereocenters. The van der Waals surface area contributed by atoms with Crippen LogP contribution >= 0.6 is 22.9 Å². The molecule has 1 aromatic carbocycles. The summed E-state index contributed by atoms with van der Waals surface area (Å²) in [5.74, 6) is 0.619. The number of hydrogen-bond donors (Lipinski definition) is 0. The molecule has 5 nitrogen and oxygen atoms in total. The summed E-state index contributed by atoms with van der Waals surface area (Å²) in [6, 6.07) is 11.0. The summed E-state index contributed by atoms with van der Waals surface area (Å²) in [7, 11) is 0. The minimum atomic E-state index is -0.209. The molecule has 0 saturated heterocycles. The van der Waals surface area contributed by atoms with Crippen molar-refractivity contribution in [2.45, 2.75) is 13.5 Å². The minimum absolute atomic E-state index is 0.209. The Hall–Kier alpha value is -2.44. The van der Waals surface area contributed by atoms with E-state index in [0.717, 1.165) is 15.3 Å². The van der Waals surface area contributed by atoms with Crippen LogP contribution in [0, 0.1) is 6.92 Å². The van der Waals surface area contributed by atoms with E-state index in [0.29, 0.717) is 28.5 Å². The maximum absolute atomic E-state index is 12.7. The van der Waals surface area contributed by atoms with E-state index >= 15 is 0 Å². The standard InChI is InChI=1S/C17H12ClN3O2S/c1-10-19-15-16(24-10)14(13-3-2-8-23-13)20-21(17(15)22)9-11-4-6-12(18)7-5-11/h2-8H,9H2,1H3. The number of hydrogen-bond acceptors (Lipinski definition) is 5. The highest BCUT2D eigenvalue weighted by Gasteiger charge is 2.18. The van der Waals surface area contributed by atoms with Gasteiger partial charge in [0.1, 0.15) is 5.69 Å². The van der Waals surface area contributed by atoms with Gasteiger partial charge in [-0.3, -0.25) is 4.79 Å². The van der Waals surface area contributed by atoms with Crippen molar-refractivity contribution in [3.8, 4) is 11.5 Å². The van der Waals surface area contributed by atoms with Crippen molar-refractivity contribution >= 4 is 33.2 Å². The van der Waals surface area contributed by atoms with Crippen LogP contribution in [0.4, 0.5) is 0 Å². The molecule has 0 fully saturated rings. The van der Waals surface area contributed by atoms with Crippen molar-refractivity contribution < 1.29 is 4.42 Å². The Labute approximate surface area is 146 Å². The van der Waals surface area contributed by atoms with Gasteiger partial charge in [0, 0.05) is 5.02 Å². The quantitative estimate of drug-likeness (QED) is 0.553. The molecule has 0 spiro atoms. The Morgan fingerprint density at radius 2 is 2.04 bits per heavy atom. The highest BCUT2D eigenvalue weighted by Crippen LogP contribution is 2.29. The third-order valence-electron chi connectivity index (χ3n) is 3.61. The largest absolute Gasteiger partial charge is 0.463 e. The lowest BCUT2D eigenvalue weighted by Gasteiger charge is -2.07. The topological polar surface area (TPSA) is 60.9 Å². The Kier molecular flexibility index (Phi) is 3.70. The van der Waals surface area contributed by atoms with Crippen molar-refractivity contribution in [2.75, 3.05) is 0 Å². The Bertz CT molecular complexity index is 1070. The van der Waals surface area contributed by atoms with Crippen molar-refractivity contribution in [2.24, 2.45) is 0 Å². The summed E-state index contributed by atoms with van der Waals surface area (Å²) >= 11 is 7.36. The van der Waals surface area contributed by atoms with Crippen molar-refractivity contribution in [1.29, 1.82) is 0 Å². The second-order valence-corrected chi connectivity index (χ2v) is 6.97. The predicted molar refractivity (Wildman–Crippen MR) is 94.7 cm³/mol. The molecule has 3 aromatic heterocycles. The first-order chi connectivity index (χ1) is 11.6. The lowest BCUT2D eigenvalue weighted by molar-refractivity contribution is 0.571. The van der Waals surface area contributed by atoms with Gasteiger partial charge in [0.2, 0.25) is 0 Å². The van der Waals surface area contributed by atoms with Crippen LogP contribution in [-0.2, 0) is 6.54 Å². The molecule has 0 aliphatic rings. The first kappa shape index (κ1) is 15.1. The first-order valence-electron chi connectivity index (χ1n) is 7.28. The van der Waals surface area contributed by atoms with E-state index in [1.165, 1.54) is 16.0 Å². The Morgan fingerprint density at radius 1 is 1.25 bits per heavy atom. The number of nitrogens with zero attached hydrogens (tertiary/aromatic N) is 3. The molecule has 7 heteroatoms. The fourth-order valence-corrected chi connectivity index (χ4v) is 3.54. The predicted octanol–water partition coefficient (Wildman–Crippen LogP) is 4.12. The SMILES string of the molecule is Cc1nc2c(=O)n(Cc3ccc(Cl)cc3)nc(-c3ccco3)c2s1. The third-order valence-corrected chi connectivity index (χ3v) is 4.84. The van der Waals surface area contributed by atoms with E-state index in [2.05, 4.69) is 10.1 Å². The van der Waals surface area contributed by atoms with Crippen LogP contribution in [0.15, 0.2) is 51.9 Å². The molecule has 0 atom stereocenters. The molecular formula is C17H12ClN3O2S. The van der Waals surface area contributed by atoms with Crippen LogP contribution in [0.3, 0.4) is 0 Å². The van der Waals surface area contributed by atoms with Crippen LogP contribution in [0.1, 0.15) is 10.6 Å². The maximum Gasteiger partial charge on any atom is 0.294 e. The lowest BCUT2D eigenvalue weighted by atomic mass is 10.2. The molecule has 0 bridgehead atoms. The van der Waals surface area contributed by atoms with Gasteiger partial charge in [0.15, 0.2) is 11.3 Å². The van der Waals surface area contributed by atoms with Crippen molar-refractivity contribution in [3.63, 3.8) is 0 Å². The molecule has 4 rings (SSSR count). The number of thiazole rings is 1. The molecule has 0 aliphatic heterocycles. The van der Waals surface area contributed by atoms with Gasteiger partial charge in [0.05, 0.1) is 22.5 Å². The summed E-state index contributed by atoms with van der Waals surface area (Å²) in [4.78, 5) is 17.1. The molecule has 0 amide bonds. The molecular weight excluding hydrogens is 346 g/mol. The average Bonchev–Trinajstić information content (AvgIpc) is 3.22. The highest BCUT2D eigenvalue weighted by atomic mass is 35.5. The van der Waals surface area contributed by atoms with Crippen LogP contribution in [0.2, 0.25) is 5.02 Å². The van der Waals surface area contributed by atoms with Crippen LogP contribution in [-0.4, -0.2) is 14.8 Å². The summed E-state index contributed by atoms with van der Waals surface area (Å²) in [6.45, 7) is 2.22. The zero-order valence-electron chi connectivity index (χ0n) is 12.7. The Morgan fingerprint density at radius 3 is 2.75 bits per heavy atom. The van der Waals surface area contributed by atoms with Crippen LogP contribution in [0.5, 0.6) is 0 Å². The van der Waals surface area contributed by atoms with E-state index in [4.69, 9.17) is 16.0 Å². The number of fused-ring (bicyclic) bond motifs is 1. The van der Waals surface area contributed by atoms with Gasteiger partial charge in [-0.05, 0) is 36.8 Å². The molecule has 4 aromatic rings. The van der Waals surface area contributed by atoms with Gasteiger partial charge in [-0.2, -0.15) is 5.10 Å². The summed E-state index contributed by atoms with van der Waals surface area (Å²) in [6.07, 6.45) is 1.59. The number of furan rings is 1. The molecule has 120 valence electrons. The molecule has 24 heavy (non-hydrogen) atoms. The number of aryl methyl sites for hydroxylation is 1. The molecule has 0 N–H and O–H groups in total. The van der Waals surface area contributed by atoms with E-state index < -0.39 is 0 Å². The second-order valence-electron chi connectivity index (χ2n) is 5.33. The summed E-state index contributed by atoms with van der Waals surface area (Å²) in [5.41, 5.74) is 1.78. The van der Waals surface area contributed by atoms with Gasteiger partial charge in [-0.1, -0.05) is 23.7 Å². The molecule has 0 saturated carbocycles. The van der Waals surface area contributed by atoms with Gasteiger partial charge < -0.3 is 4.42 Å². The first-order valence-corrected chi connectivity index (χ1v) is 8.48. The number of benzene rings is 1. The normalized spacial score (nSPS) is 11.2. The number of aromatic nitrogens is 3. The molecule has 3 heterocycles. The highest BCUT2D eigenvalue weighted by molar-refractivity contribution is 7.19. The summed E-state index contributed by atoms with van der Waals surface area (Å²) in [5, 5.41) is 6.00.